The molecule has 18 heavy (non-hydrogen) atoms. The van der Waals surface area contributed by atoms with Crippen LogP contribution in [-0.2, 0) is 9.53 Å². The van der Waals surface area contributed by atoms with Crippen LogP contribution >= 0.6 is 0 Å². The van der Waals surface area contributed by atoms with Crippen LogP contribution in [0, 0.1) is 0 Å². The van der Waals surface area contributed by atoms with Crippen LogP contribution in [0.5, 0.6) is 0 Å². The third kappa shape index (κ3) is 3.60. The first-order valence-electron chi connectivity index (χ1n) is 6.01. The minimum Gasteiger partial charge on any atom is -0.444 e. The van der Waals surface area contributed by atoms with Gasteiger partial charge in [-0.2, -0.15) is 0 Å². The zero-order valence-electron chi connectivity index (χ0n) is 11.6. The highest BCUT2D eigenvalue weighted by Crippen LogP contribution is 2.18. The second kappa shape index (κ2) is 5.14. The highest BCUT2D eigenvalue weighted by Gasteiger charge is 2.38. The van der Waals surface area contributed by atoms with Gasteiger partial charge in [-0.15, -0.1) is 0 Å². The van der Waals surface area contributed by atoms with E-state index in [1.54, 1.807) is 27.8 Å². The maximum atomic E-state index is 11.8. The topological polar surface area (TPSA) is 70.1 Å². The molecule has 6 heteroatoms. The average Bonchev–Trinajstić information content (AvgIpc) is 2.56. The first kappa shape index (κ1) is 14.8. The van der Waals surface area contributed by atoms with E-state index < -0.39 is 17.8 Å². The molecule has 2 atom stereocenters. The Kier molecular flexibility index (Phi) is 4.21. The number of aliphatic hydroxyl groups excluding tert-OH is 1. The number of likely N-dealkylation sites (N-methyl/N-ethyl adjacent to an activating group) is 1. The Morgan fingerprint density at radius 2 is 1.89 bits per heavy atom. The molecular formula is C12H22N2O4. The van der Waals surface area contributed by atoms with Gasteiger partial charge >= 0.3 is 6.09 Å². The summed E-state index contributed by atoms with van der Waals surface area (Å²) in [5.74, 6) is -0.134. The number of hydrogen-bond donors (Lipinski definition) is 1. The van der Waals surface area contributed by atoms with Crippen LogP contribution in [0.4, 0.5) is 4.79 Å². The van der Waals surface area contributed by atoms with Crippen molar-refractivity contribution < 1.29 is 19.4 Å². The quantitative estimate of drug-likeness (QED) is 0.741. The Morgan fingerprint density at radius 1 is 1.33 bits per heavy atom. The van der Waals surface area contributed by atoms with E-state index in [4.69, 9.17) is 4.74 Å². The molecule has 0 saturated carbocycles. The van der Waals surface area contributed by atoms with Crippen LogP contribution in [0.15, 0.2) is 0 Å². The van der Waals surface area contributed by atoms with Crippen LogP contribution in [0.2, 0.25) is 0 Å². The van der Waals surface area contributed by atoms with Gasteiger partial charge in [-0.05, 0) is 20.8 Å². The number of carbonyl (C=O) groups is 2. The number of likely N-dealkylation sites (tertiary alicyclic amines) is 1. The summed E-state index contributed by atoms with van der Waals surface area (Å²) >= 11 is 0. The van der Waals surface area contributed by atoms with Gasteiger partial charge in [0.25, 0.3) is 0 Å². The average molecular weight is 258 g/mol. The van der Waals surface area contributed by atoms with E-state index in [0.717, 1.165) is 0 Å². The molecule has 1 aliphatic rings. The Balaban J connectivity index is 2.64. The lowest BCUT2D eigenvalue weighted by molar-refractivity contribution is -0.130. The zero-order chi connectivity index (χ0) is 14.1. The Hall–Kier alpha value is -1.30. The second-order valence-electron chi connectivity index (χ2n) is 5.65. The molecule has 0 aliphatic carbocycles. The van der Waals surface area contributed by atoms with Crippen LogP contribution < -0.4 is 0 Å². The fourth-order valence-corrected chi connectivity index (χ4v) is 1.86. The fraction of sp³-hybridized carbons (Fsp3) is 0.833. The molecule has 0 aromatic carbocycles. The number of amides is 2. The molecule has 6 nitrogen and oxygen atoms in total. The number of β-amino-alcohol motifs (C(OH)–C–C–N with tert-alkyl or cyclic N) is 1. The van der Waals surface area contributed by atoms with Crippen molar-refractivity contribution in [2.75, 3.05) is 20.1 Å². The van der Waals surface area contributed by atoms with Crippen LogP contribution in [0.1, 0.15) is 27.7 Å². The molecular weight excluding hydrogens is 236 g/mol. The van der Waals surface area contributed by atoms with Crippen molar-refractivity contribution in [2.24, 2.45) is 0 Å². The van der Waals surface area contributed by atoms with Gasteiger partial charge in [0, 0.05) is 20.5 Å². The van der Waals surface area contributed by atoms with Crippen molar-refractivity contribution in [3.05, 3.63) is 0 Å². The number of hydrogen-bond acceptors (Lipinski definition) is 4. The zero-order valence-corrected chi connectivity index (χ0v) is 11.6. The molecule has 1 rings (SSSR count). The van der Waals surface area contributed by atoms with E-state index in [-0.39, 0.29) is 18.5 Å². The van der Waals surface area contributed by atoms with E-state index in [1.807, 2.05) is 0 Å². The van der Waals surface area contributed by atoms with E-state index >= 15 is 0 Å². The minimum absolute atomic E-state index is 0.134. The molecule has 1 fully saturated rings. The Morgan fingerprint density at radius 3 is 2.33 bits per heavy atom. The summed E-state index contributed by atoms with van der Waals surface area (Å²) in [6, 6.07) is -0.366. The molecule has 104 valence electrons. The van der Waals surface area contributed by atoms with Crippen molar-refractivity contribution >= 4 is 12.0 Å². The van der Waals surface area contributed by atoms with Crippen molar-refractivity contribution in [3.8, 4) is 0 Å². The number of rotatable bonds is 1. The first-order chi connectivity index (χ1) is 8.11. The molecule has 0 bridgehead atoms. The van der Waals surface area contributed by atoms with Gasteiger partial charge in [-0.3, -0.25) is 4.79 Å². The predicted molar refractivity (Wildman–Crippen MR) is 66.0 cm³/mol. The minimum atomic E-state index is -0.730. The summed E-state index contributed by atoms with van der Waals surface area (Å²) in [7, 11) is 1.62. The van der Waals surface area contributed by atoms with Gasteiger partial charge < -0.3 is 19.6 Å². The second-order valence-corrected chi connectivity index (χ2v) is 5.65. The number of ether oxygens (including phenoxy) is 1. The fourth-order valence-electron chi connectivity index (χ4n) is 1.86. The van der Waals surface area contributed by atoms with Gasteiger partial charge in [0.1, 0.15) is 5.60 Å². The normalized spacial score (nSPS) is 24.0. The SMILES string of the molecule is CC(=O)N(C)[C@@H]1CN(C(=O)OC(C)(C)C)C[C@H]1O. The molecule has 0 aromatic rings. The number of carbonyl (C=O) groups excluding carboxylic acids is 2. The number of nitrogens with zero attached hydrogens (tertiary/aromatic N) is 2. The summed E-state index contributed by atoms with van der Waals surface area (Å²) < 4.78 is 5.23. The van der Waals surface area contributed by atoms with Gasteiger partial charge in [0.15, 0.2) is 0 Å². The van der Waals surface area contributed by atoms with Crippen molar-refractivity contribution in [1.82, 2.24) is 9.80 Å². The summed E-state index contributed by atoms with van der Waals surface area (Å²) in [6.07, 6.45) is -1.19. The molecule has 0 radical (unpaired) electrons. The summed E-state index contributed by atoms with van der Waals surface area (Å²) in [5.41, 5.74) is -0.563. The van der Waals surface area contributed by atoms with Gasteiger partial charge in [-0.1, -0.05) is 0 Å². The maximum absolute atomic E-state index is 11.8. The smallest absolute Gasteiger partial charge is 0.410 e. The number of aliphatic hydroxyl groups is 1. The third-order valence-electron chi connectivity index (χ3n) is 2.90. The Labute approximate surface area is 107 Å². The van der Waals surface area contributed by atoms with Crippen molar-refractivity contribution in [3.63, 3.8) is 0 Å². The maximum Gasteiger partial charge on any atom is 0.410 e. The van der Waals surface area contributed by atoms with E-state index in [2.05, 4.69) is 0 Å². The summed E-state index contributed by atoms with van der Waals surface area (Å²) in [4.78, 5) is 26.0. The standard InChI is InChI=1S/C12H22N2O4/c1-8(15)13(5)9-6-14(7-10(9)16)11(17)18-12(2,3)4/h9-10,16H,6-7H2,1-5H3/t9-,10-/m1/s1. The molecule has 1 saturated heterocycles. The van der Waals surface area contributed by atoms with Crippen molar-refractivity contribution in [2.45, 2.75) is 45.4 Å². The molecule has 2 amide bonds. The third-order valence-corrected chi connectivity index (χ3v) is 2.90. The van der Waals surface area contributed by atoms with Gasteiger partial charge in [0.05, 0.1) is 18.7 Å². The molecule has 0 spiro atoms. The lowest BCUT2D eigenvalue weighted by Gasteiger charge is -2.26. The van der Waals surface area contributed by atoms with E-state index in [9.17, 15) is 14.7 Å². The van der Waals surface area contributed by atoms with E-state index in [0.29, 0.717) is 6.54 Å². The van der Waals surface area contributed by atoms with Gasteiger partial charge in [-0.25, -0.2) is 4.79 Å². The Bertz CT molecular complexity index is 337. The lowest BCUT2D eigenvalue weighted by Crippen LogP contribution is -2.43. The molecule has 0 unspecified atom stereocenters. The summed E-state index contributed by atoms with van der Waals surface area (Å²) in [6.45, 7) is 7.29. The largest absolute Gasteiger partial charge is 0.444 e. The highest BCUT2D eigenvalue weighted by molar-refractivity contribution is 5.74. The molecule has 1 N–H and O–H groups in total. The lowest BCUT2D eigenvalue weighted by atomic mass is 10.2. The van der Waals surface area contributed by atoms with E-state index in [1.165, 1.54) is 16.7 Å². The van der Waals surface area contributed by atoms with Crippen LogP contribution in [0.25, 0.3) is 0 Å². The molecule has 1 aliphatic heterocycles. The van der Waals surface area contributed by atoms with Crippen LogP contribution in [-0.4, -0.2) is 64.8 Å². The summed E-state index contributed by atoms with van der Waals surface area (Å²) in [5, 5.41) is 9.88. The van der Waals surface area contributed by atoms with Gasteiger partial charge in [0.2, 0.25) is 5.91 Å². The highest BCUT2D eigenvalue weighted by atomic mass is 16.6. The molecule has 0 aromatic heterocycles. The molecule has 1 heterocycles. The van der Waals surface area contributed by atoms with Crippen molar-refractivity contribution in [1.29, 1.82) is 0 Å². The predicted octanol–water partition coefficient (Wildman–Crippen LogP) is 0.445. The van der Waals surface area contributed by atoms with Crippen LogP contribution in [0.3, 0.4) is 0 Å². The monoisotopic (exact) mass is 258 g/mol. The first-order valence-corrected chi connectivity index (χ1v) is 6.01.